The van der Waals surface area contributed by atoms with Crippen LogP contribution < -0.4 is 11.1 Å². The van der Waals surface area contributed by atoms with Crippen molar-refractivity contribution in [3.63, 3.8) is 0 Å². The van der Waals surface area contributed by atoms with Gasteiger partial charge in [-0.1, -0.05) is 23.7 Å². The van der Waals surface area contributed by atoms with Crippen molar-refractivity contribution in [1.29, 1.82) is 0 Å². The number of hydrogen-bond donors (Lipinski definition) is 2. The fourth-order valence-corrected chi connectivity index (χ4v) is 2.06. The van der Waals surface area contributed by atoms with Crippen LogP contribution in [0, 0.1) is 0 Å². The molecule has 0 fully saturated rings. The van der Waals surface area contributed by atoms with Crippen molar-refractivity contribution in [2.75, 3.05) is 0 Å². The fraction of sp³-hybridized carbons (Fsp3) is 0.0588. The second-order valence-electron chi connectivity index (χ2n) is 5.01. The fourth-order valence-electron chi connectivity index (χ4n) is 1.94. The molecule has 0 bridgehead atoms. The van der Waals surface area contributed by atoms with Crippen LogP contribution in [0.3, 0.4) is 0 Å². The van der Waals surface area contributed by atoms with E-state index in [4.69, 9.17) is 17.3 Å². The number of nitrogens with two attached hydrogens (primary N) is 1. The van der Waals surface area contributed by atoms with Crippen molar-refractivity contribution >= 4 is 29.5 Å². The number of amides is 2. The summed E-state index contributed by atoms with van der Waals surface area (Å²) in [6.07, 6.45) is -3.45. The molecule has 0 saturated carbocycles. The normalized spacial score (nSPS) is 11.9. The summed E-state index contributed by atoms with van der Waals surface area (Å²) in [6.45, 7) is 0. The topological polar surface area (TPSA) is 72.2 Å². The first-order chi connectivity index (χ1) is 11.7. The molecule has 0 aliphatic carbocycles. The summed E-state index contributed by atoms with van der Waals surface area (Å²) >= 11 is 5.72. The first-order valence-electron chi connectivity index (χ1n) is 6.92. The second-order valence-corrected chi connectivity index (χ2v) is 5.44. The molecule has 8 heteroatoms. The van der Waals surface area contributed by atoms with Crippen LogP contribution >= 0.6 is 11.6 Å². The number of carbonyl (C=O) groups is 2. The predicted molar refractivity (Wildman–Crippen MR) is 87.5 cm³/mol. The van der Waals surface area contributed by atoms with Gasteiger partial charge in [0, 0.05) is 10.6 Å². The third-order valence-corrected chi connectivity index (χ3v) is 3.40. The number of nitrogens with one attached hydrogen (secondary N) is 1. The highest BCUT2D eigenvalue weighted by Crippen LogP contribution is 2.29. The zero-order valence-electron chi connectivity index (χ0n) is 12.6. The Labute approximate surface area is 146 Å². The SMILES string of the molecule is NC(=O)/C(=C\c1cccc(C(F)(F)F)c1)NC(=O)c1ccc(Cl)cc1. The summed E-state index contributed by atoms with van der Waals surface area (Å²) in [7, 11) is 0. The maximum Gasteiger partial charge on any atom is 0.416 e. The molecule has 0 unspecified atom stereocenters. The molecule has 0 aliphatic heterocycles. The van der Waals surface area contributed by atoms with E-state index < -0.39 is 23.6 Å². The number of benzene rings is 2. The quantitative estimate of drug-likeness (QED) is 0.809. The van der Waals surface area contributed by atoms with Crippen LogP contribution in [0.2, 0.25) is 5.02 Å². The van der Waals surface area contributed by atoms with Gasteiger partial charge in [-0.3, -0.25) is 9.59 Å². The van der Waals surface area contributed by atoms with Gasteiger partial charge in [-0.2, -0.15) is 13.2 Å². The van der Waals surface area contributed by atoms with Crippen LogP contribution in [0.5, 0.6) is 0 Å². The lowest BCUT2D eigenvalue weighted by Crippen LogP contribution is -2.31. The van der Waals surface area contributed by atoms with E-state index in [1.807, 2.05) is 0 Å². The molecule has 4 nitrogen and oxygen atoms in total. The first kappa shape index (κ1) is 18.5. The second kappa shape index (κ2) is 7.40. The van der Waals surface area contributed by atoms with Gasteiger partial charge in [0.25, 0.3) is 11.8 Å². The maximum atomic E-state index is 12.7. The van der Waals surface area contributed by atoms with Gasteiger partial charge in [-0.15, -0.1) is 0 Å². The first-order valence-corrected chi connectivity index (χ1v) is 7.30. The molecule has 2 rings (SSSR count). The average molecular weight is 369 g/mol. The summed E-state index contributed by atoms with van der Waals surface area (Å²) in [5.74, 6) is -1.63. The van der Waals surface area contributed by atoms with Crippen LogP contribution in [-0.4, -0.2) is 11.8 Å². The number of alkyl halides is 3. The van der Waals surface area contributed by atoms with Gasteiger partial charge >= 0.3 is 6.18 Å². The van der Waals surface area contributed by atoms with E-state index in [0.717, 1.165) is 18.2 Å². The van der Waals surface area contributed by atoms with E-state index >= 15 is 0 Å². The summed E-state index contributed by atoms with van der Waals surface area (Å²) in [5, 5.41) is 2.70. The highest BCUT2D eigenvalue weighted by molar-refractivity contribution is 6.30. The van der Waals surface area contributed by atoms with E-state index in [1.54, 1.807) is 0 Å². The highest BCUT2D eigenvalue weighted by Gasteiger charge is 2.30. The van der Waals surface area contributed by atoms with E-state index in [0.29, 0.717) is 5.02 Å². The Morgan fingerprint density at radius 3 is 2.28 bits per heavy atom. The van der Waals surface area contributed by atoms with Crippen molar-refractivity contribution in [1.82, 2.24) is 5.32 Å². The summed E-state index contributed by atoms with van der Waals surface area (Å²) in [4.78, 5) is 23.6. The standard InChI is InChI=1S/C17H12ClF3N2O2/c18-13-6-4-11(5-7-13)16(25)23-14(15(22)24)9-10-2-1-3-12(8-10)17(19,20)21/h1-9H,(H2,22,24)(H,23,25)/b14-9+. The number of rotatable bonds is 4. The number of hydrogen-bond acceptors (Lipinski definition) is 2. The Bertz CT molecular complexity index is 831. The van der Waals surface area contributed by atoms with E-state index in [-0.39, 0.29) is 16.8 Å². The average Bonchev–Trinajstić information content (AvgIpc) is 2.54. The van der Waals surface area contributed by atoms with E-state index in [2.05, 4.69) is 5.32 Å². The Balaban J connectivity index is 2.29. The van der Waals surface area contributed by atoms with Crippen molar-refractivity contribution in [2.45, 2.75) is 6.18 Å². The molecule has 0 saturated heterocycles. The maximum absolute atomic E-state index is 12.7. The summed E-state index contributed by atoms with van der Waals surface area (Å²) < 4.78 is 38.2. The van der Waals surface area contributed by atoms with Crippen LogP contribution in [0.15, 0.2) is 54.2 Å². The lowest BCUT2D eigenvalue weighted by Gasteiger charge is -2.09. The minimum absolute atomic E-state index is 0.0695. The Morgan fingerprint density at radius 2 is 1.72 bits per heavy atom. The van der Waals surface area contributed by atoms with Crippen molar-refractivity contribution in [3.05, 3.63) is 75.9 Å². The molecule has 0 spiro atoms. The number of primary amides is 1. The molecular formula is C17H12ClF3N2O2. The van der Waals surface area contributed by atoms with Gasteiger partial charge in [-0.05, 0) is 48.0 Å². The summed E-state index contributed by atoms with van der Waals surface area (Å²) in [5.41, 5.74) is 4.26. The molecule has 0 radical (unpaired) electrons. The highest BCUT2D eigenvalue weighted by atomic mass is 35.5. The van der Waals surface area contributed by atoms with Crippen LogP contribution in [-0.2, 0) is 11.0 Å². The van der Waals surface area contributed by atoms with Gasteiger partial charge in [0.05, 0.1) is 5.56 Å². The van der Waals surface area contributed by atoms with Gasteiger partial charge in [0.1, 0.15) is 5.70 Å². The molecule has 130 valence electrons. The largest absolute Gasteiger partial charge is 0.416 e. The Hall–Kier alpha value is -2.80. The van der Waals surface area contributed by atoms with Crippen LogP contribution in [0.1, 0.15) is 21.5 Å². The van der Waals surface area contributed by atoms with Crippen molar-refractivity contribution in [2.24, 2.45) is 5.73 Å². The molecular weight excluding hydrogens is 357 g/mol. The van der Waals surface area contributed by atoms with E-state index in [9.17, 15) is 22.8 Å². The van der Waals surface area contributed by atoms with Gasteiger partial charge in [0.2, 0.25) is 0 Å². The lowest BCUT2D eigenvalue weighted by molar-refractivity contribution is -0.137. The Morgan fingerprint density at radius 1 is 1.08 bits per heavy atom. The molecule has 0 atom stereocenters. The summed E-state index contributed by atoms with van der Waals surface area (Å²) in [6, 6.07) is 10.1. The minimum Gasteiger partial charge on any atom is -0.364 e. The van der Waals surface area contributed by atoms with Crippen molar-refractivity contribution in [3.8, 4) is 0 Å². The molecule has 3 N–H and O–H groups in total. The Kier molecular flexibility index (Phi) is 5.48. The lowest BCUT2D eigenvalue weighted by atomic mass is 10.1. The minimum atomic E-state index is -4.52. The molecule has 0 aromatic heterocycles. The molecule has 2 aromatic carbocycles. The molecule has 25 heavy (non-hydrogen) atoms. The number of carbonyl (C=O) groups excluding carboxylic acids is 2. The van der Waals surface area contributed by atoms with E-state index in [1.165, 1.54) is 36.4 Å². The molecule has 2 amide bonds. The third kappa shape index (κ3) is 5.09. The van der Waals surface area contributed by atoms with Gasteiger partial charge in [-0.25, -0.2) is 0 Å². The molecule has 0 aliphatic rings. The third-order valence-electron chi connectivity index (χ3n) is 3.15. The van der Waals surface area contributed by atoms with Gasteiger partial charge in [0.15, 0.2) is 0 Å². The predicted octanol–water partition coefficient (Wildman–Crippen LogP) is 3.62. The zero-order valence-corrected chi connectivity index (χ0v) is 13.4. The zero-order chi connectivity index (χ0) is 18.6. The molecule has 0 heterocycles. The van der Waals surface area contributed by atoms with Crippen LogP contribution in [0.4, 0.5) is 13.2 Å². The van der Waals surface area contributed by atoms with Crippen LogP contribution in [0.25, 0.3) is 6.08 Å². The monoisotopic (exact) mass is 368 g/mol. The smallest absolute Gasteiger partial charge is 0.364 e. The number of halogens is 4. The van der Waals surface area contributed by atoms with Gasteiger partial charge < -0.3 is 11.1 Å². The molecule has 2 aromatic rings. The van der Waals surface area contributed by atoms with Crippen molar-refractivity contribution < 1.29 is 22.8 Å².